The highest BCUT2D eigenvalue weighted by molar-refractivity contribution is 4.99. The Bertz CT molecular complexity index is 341. The van der Waals surface area contributed by atoms with Crippen LogP contribution in [0.15, 0.2) is 0 Å². The van der Waals surface area contributed by atoms with E-state index < -0.39 is 24.0 Å². The highest BCUT2D eigenvalue weighted by Gasteiger charge is 2.58. The molecule has 6 nitrogen and oxygen atoms in total. The number of hydrogen-bond acceptors (Lipinski definition) is 6. The van der Waals surface area contributed by atoms with Crippen molar-refractivity contribution in [2.75, 3.05) is 6.61 Å². The summed E-state index contributed by atoms with van der Waals surface area (Å²) >= 11 is 0. The third kappa shape index (κ3) is 2.07. The number of hydrogen-bond donors (Lipinski definition) is 1. The topological polar surface area (TPSA) is 66.4 Å². The molecule has 3 aliphatic rings. The lowest BCUT2D eigenvalue weighted by molar-refractivity contribution is -0.236. The maximum atomic E-state index is 9.87. The molecule has 3 aliphatic heterocycles. The standard InChI is InChI=1S/C12H20O6/c1-11(2)14-5-6(16-11)7-8-9(10(13)15-7)18-12(3,4)17-8/h6-10,13H,5H2,1-4H3/t6?,7-,8?,9?,10+/m1/s1. The molecule has 0 spiro atoms. The van der Waals surface area contributed by atoms with E-state index in [4.69, 9.17) is 23.7 Å². The van der Waals surface area contributed by atoms with Gasteiger partial charge in [-0.1, -0.05) is 0 Å². The van der Waals surface area contributed by atoms with Gasteiger partial charge in [0.2, 0.25) is 0 Å². The Labute approximate surface area is 106 Å². The van der Waals surface area contributed by atoms with E-state index in [2.05, 4.69) is 0 Å². The SMILES string of the molecule is CC1(C)OCC([C@H]2O[C@H](O)C3OC(C)(C)OC32)O1. The Morgan fingerprint density at radius 2 is 1.56 bits per heavy atom. The van der Waals surface area contributed by atoms with Crippen LogP contribution in [0.3, 0.4) is 0 Å². The van der Waals surface area contributed by atoms with Crippen molar-refractivity contribution in [1.29, 1.82) is 0 Å². The second kappa shape index (κ2) is 3.88. The van der Waals surface area contributed by atoms with Crippen LogP contribution in [0.2, 0.25) is 0 Å². The van der Waals surface area contributed by atoms with E-state index in [0.29, 0.717) is 6.61 Å². The number of ether oxygens (including phenoxy) is 5. The van der Waals surface area contributed by atoms with Crippen molar-refractivity contribution in [2.24, 2.45) is 0 Å². The Kier molecular flexibility index (Phi) is 2.75. The normalized spacial score (nSPS) is 49.5. The minimum Gasteiger partial charge on any atom is -0.366 e. The molecule has 5 atom stereocenters. The van der Waals surface area contributed by atoms with Gasteiger partial charge in [0.05, 0.1) is 6.61 Å². The summed E-state index contributed by atoms with van der Waals surface area (Å²) in [6, 6.07) is 0. The Morgan fingerprint density at radius 1 is 0.889 bits per heavy atom. The van der Waals surface area contributed by atoms with Gasteiger partial charge in [-0.2, -0.15) is 0 Å². The van der Waals surface area contributed by atoms with Crippen LogP contribution in [0.1, 0.15) is 27.7 Å². The van der Waals surface area contributed by atoms with E-state index in [1.807, 2.05) is 27.7 Å². The highest BCUT2D eigenvalue weighted by Crippen LogP contribution is 2.41. The number of aliphatic hydroxyl groups excluding tert-OH is 1. The molecule has 6 heteroatoms. The molecule has 3 fully saturated rings. The van der Waals surface area contributed by atoms with E-state index in [0.717, 1.165) is 0 Å². The van der Waals surface area contributed by atoms with Crippen molar-refractivity contribution in [3.63, 3.8) is 0 Å². The minimum atomic E-state index is -0.978. The lowest BCUT2D eigenvalue weighted by atomic mass is 10.1. The largest absolute Gasteiger partial charge is 0.366 e. The lowest BCUT2D eigenvalue weighted by Gasteiger charge is -2.26. The van der Waals surface area contributed by atoms with Crippen molar-refractivity contribution in [3.8, 4) is 0 Å². The molecule has 0 aromatic carbocycles. The molecule has 3 heterocycles. The van der Waals surface area contributed by atoms with Crippen LogP contribution in [-0.4, -0.2) is 54.0 Å². The zero-order valence-electron chi connectivity index (χ0n) is 11.1. The van der Waals surface area contributed by atoms with E-state index in [-0.39, 0.29) is 18.3 Å². The summed E-state index contributed by atoms with van der Waals surface area (Å²) in [6.07, 6.45) is -2.38. The van der Waals surface area contributed by atoms with Gasteiger partial charge >= 0.3 is 0 Å². The summed E-state index contributed by atoms with van der Waals surface area (Å²) in [4.78, 5) is 0. The molecule has 1 N–H and O–H groups in total. The first kappa shape index (κ1) is 12.8. The van der Waals surface area contributed by atoms with Crippen LogP contribution in [0.4, 0.5) is 0 Å². The summed E-state index contributed by atoms with van der Waals surface area (Å²) < 4.78 is 28.2. The molecule has 104 valence electrons. The van der Waals surface area contributed by atoms with Crippen LogP contribution in [0.5, 0.6) is 0 Å². The summed E-state index contributed by atoms with van der Waals surface area (Å²) in [5.74, 6) is -1.32. The molecule has 18 heavy (non-hydrogen) atoms. The van der Waals surface area contributed by atoms with E-state index in [9.17, 15) is 5.11 Å². The second-order valence-corrected chi connectivity index (χ2v) is 5.92. The summed E-state index contributed by atoms with van der Waals surface area (Å²) in [7, 11) is 0. The van der Waals surface area contributed by atoms with E-state index in [1.165, 1.54) is 0 Å². The smallest absolute Gasteiger partial charge is 0.184 e. The van der Waals surface area contributed by atoms with Gasteiger partial charge < -0.3 is 28.8 Å². The fraction of sp³-hybridized carbons (Fsp3) is 1.00. The zero-order chi connectivity index (χ0) is 13.1. The average molecular weight is 260 g/mol. The first-order valence-corrected chi connectivity index (χ1v) is 6.28. The molecule has 0 amide bonds. The monoisotopic (exact) mass is 260 g/mol. The summed E-state index contributed by atoms with van der Waals surface area (Å²) in [5, 5.41) is 9.87. The average Bonchev–Trinajstić information content (AvgIpc) is 2.81. The zero-order valence-corrected chi connectivity index (χ0v) is 11.1. The molecule has 0 aromatic heterocycles. The molecule has 3 unspecified atom stereocenters. The lowest BCUT2D eigenvalue weighted by Crippen LogP contribution is -2.40. The molecule has 3 saturated heterocycles. The Hall–Kier alpha value is -0.240. The van der Waals surface area contributed by atoms with Crippen LogP contribution in [0, 0.1) is 0 Å². The van der Waals surface area contributed by atoms with Gasteiger partial charge in [0.1, 0.15) is 24.4 Å². The Morgan fingerprint density at radius 3 is 2.17 bits per heavy atom. The third-order valence-corrected chi connectivity index (χ3v) is 3.46. The predicted molar refractivity (Wildman–Crippen MR) is 59.6 cm³/mol. The molecule has 0 bridgehead atoms. The van der Waals surface area contributed by atoms with Gasteiger partial charge in [-0.15, -0.1) is 0 Å². The van der Waals surface area contributed by atoms with Gasteiger partial charge in [-0.25, -0.2) is 0 Å². The summed E-state index contributed by atoms with van der Waals surface area (Å²) in [5.41, 5.74) is 0. The molecule has 0 radical (unpaired) electrons. The Balaban J connectivity index is 1.75. The van der Waals surface area contributed by atoms with Crippen molar-refractivity contribution in [2.45, 2.75) is 70.0 Å². The molecule has 3 rings (SSSR count). The first-order chi connectivity index (χ1) is 8.27. The minimum absolute atomic E-state index is 0.248. The van der Waals surface area contributed by atoms with Crippen LogP contribution in [0.25, 0.3) is 0 Å². The number of rotatable bonds is 1. The van der Waals surface area contributed by atoms with E-state index in [1.54, 1.807) is 0 Å². The molecular weight excluding hydrogens is 240 g/mol. The fourth-order valence-corrected chi connectivity index (χ4v) is 2.78. The number of fused-ring (bicyclic) bond motifs is 1. The van der Waals surface area contributed by atoms with Crippen LogP contribution in [-0.2, 0) is 23.7 Å². The molecular formula is C12H20O6. The van der Waals surface area contributed by atoms with Crippen molar-refractivity contribution >= 4 is 0 Å². The van der Waals surface area contributed by atoms with E-state index >= 15 is 0 Å². The molecule has 0 aliphatic carbocycles. The second-order valence-electron chi connectivity index (χ2n) is 5.92. The maximum absolute atomic E-state index is 9.87. The maximum Gasteiger partial charge on any atom is 0.184 e. The quantitative estimate of drug-likeness (QED) is 0.735. The highest BCUT2D eigenvalue weighted by atomic mass is 16.8. The number of aliphatic hydroxyl groups is 1. The van der Waals surface area contributed by atoms with Crippen LogP contribution < -0.4 is 0 Å². The van der Waals surface area contributed by atoms with Gasteiger partial charge in [-0.3, -0.25) is 0 Å². The van der Waals surface area contributed by atoms with Crippen LogP contribution >= 0.6 is 0 Å². The van der Waals surface area contributed by atoms with Gasteiger partial charge in [-0.05, 0) is 27.7 Å². The fourth-order valence-electron chi connectivity index (χ4n) is 2.78. The third-order valence-electron chi connectivity index (χ3n) is 3.46. The van der Waals surface area contributed by atoms with Gasteiger partial charge in [0, 0.05) is 0 Å². The molecule has 0 aromatic rings. The first-order valence-electron chi connectivity index (χ1n) is 6.28. The van der Waals surface area contributed by atoms with Crippen molar-refractivity contribution in [3.05, 3.63) is 0 Å². The van der Waals surface area contributed by atoms with Crippen molar-refractivity contribution < 1.29 is 28.8 Å². The summed E-state index contributed by atoms with van der Waals surface area (Å²) in [6.45, 7) is 7.78. The van der Waals surface area contributed by atoms with Gasteiger partial charge in [0.25, 0.3) is 0 Å². The molecule has 0 saturated carbocycles. The van der Waals surface area contributed by atoms with Crippen molar-refractivity contribution in [1.82, 2.24) is 0 Å². The van der Waals surface area contributed by atoms with Gasteiger partial charge in [0.15, 0.2) is 17.9 Å². The predicted octanol–water partition coefficient (Wildman–Crippen LogP) is 0.375.